The van der Waals surface area contributed by atoms with Crippen molar-refractivity contribution in [2.24, 2.45) is 0 Å². The van der Waals surface area contributed by atoms with Crippen molar-refractivity contribution in [3.63, 3.8) is 0 Å². The van der Waals surface area contributed by atoms with E-state index in [2.05, 4.69) is 39.4 Å². The quantitative estimate of drug-likeness (QED) is 0.922. The van der Waals surface area contributed by atoms with Crippen LogP contribution in [0.5, 0.6) is 5.75 Å². The van der Waals surface area contributed by atoms with E-state index in [4.69, 9.17) is 4.74 Å². The second-order valence-corrected chi connectivity index (χ2v) is 5.89. The van der Waals surface area contributed by atoms with Crippen molar-refractivity contribution < 1.29 is 4.74 Å². The van der Waals surface area contributed by atoms with E-state index in [0.29, 0.717) is 12.0 Å². The van der Waals surface area contributed by atoms with E-state index in [1.165, 1.54) is 31.2 Å². The van der Waals surface area contributed by atoms with Crippen LogP contribution in [0, 0.1) is 0 Å². The molecule has 0 atom stereocenters. The predicted molar refractivity (Wildman–Crippen MR) is 72.6 cm³/mol. The SMILES string of the molecule is Brc1cc(C2CCNCC2)ccc1OC1CC1. The molecule has 1 aliphatic carbocycles. The van der Waals surface area contributed by atoms with Crippen LogP contribution in [0.3, 0.4) is 0 Å². The Kier molecular flexibility index (Phi) is 3.39. The number of benzene rings is 1. The van der Waals surface area contributed by atoms with Gasteiger partial charge in [0.1, 0.15) is 5.75 Å². The van der Waals surface area contributed by atoms with E-state index in [1.807, 2.05) is 0 Å². The fourth-order valence-electron chi connectivity index (χ4n) is 2.39. The van der Waals surface area contributed by atoms with Crippen LogP contribution in [-0.4, -0.2) is 19.2 Å². The molecule has 1 heterocycles. The Hall–Kier alpha value is -0.540. The molecule has 1 saturated heterocycles. The lowest BCUT2D eigenvalue weighted by Gasteiger charge is -2.23. The summed E-state index contributed by atoms with van der Waals surface area (Å²) < 4.78 is 6.95. The molecule has 2 fully saturated rings. The summed E-state index contributed by atoms with van der Waals surface area (Å²) >= 11 is 3.63. The minimum absolute atomic E-state index is 0.469. The van der Waals surface area contributed by atoms with Gasteiger partial charge in [0.05, 0.1) is 10.6 Å². The van der Waals surface area contributed by atoms with Crippen LogP contribution in [-0.2, 0) is 0 Å². The maximum atomic E-state index is 5.84. The summed E-state index contributed by atoms with van der Waals surface area (Å²) in [6, 6.07) is 6.60. The van der Waals surface area contributed by atoms with Gasteiger partial charge in [0.2, 0.25) is 0 Å². The minimum atomic E-state index is 0.469. The van der Waals surface area contributed by atoms with E-state index in [1.54, 1.807) is 0 Å². The van der Waals surface area contributed by atoms with Gasteiger partial charge in [0.15, 0.2) is 0 Å². The van der Waals surface area contributed by atoms with Crippen molar-refractivity contribution in [2.75, 3.05) is 13.1 Å². The Morgan fingerprint density at radius 3 is 2.53 bits per heavy atom. The highest BCUT2D eigenvalue weighted by Crippen LogP contribution is 2.35. The molecule has 0 radical (unpaired) electrons. The maximum Gasteiger partial charge on any atom is 0.133 e. The molecule has 1 aromatic carbocycles. The third kappa shape index (κ3) is 2.83. The molecule has 17 heavy (non-hydrogen) atoms. The molecule has 2 aliphatic rings. The molecular weight excluding hydrogens is 278 g/mol. The summed E-state index contributed by atoms with van der Waals surface area (Å²) in [5.41, 5.74) is 1.45. The highest BCUT2D eigenvalue weighted by molar-refractivity contribution is 9.10. The van der Waals surface area contributed by atoms with Gasteiger partial charge in [0.25, 0.3) is 0 Å². The number of piperidine rings is 1. The molecule has 92 valence electrons. The molecule has 1 saturated carbocycles. The number of nitrogens with one attached hydrogen (secondary N) is 1. The van der Waals surface area contributed by atoms with E-state index in [-0.39, 0.29) is 0 Å². The highest BCUT2D eigenvalue weighted by Gasteiger charge is 2.24. The minimum Gasteiger partial charge on any atom is -0.489 e. The molecule has 0 bridgehead atoms. The smallest absolute Gasteiger partial charge is 0.133 e. The molecule has 3 heteroatoms. The largest absolute Gasteiger partial charge is 0.489 e. The third-order valence-electron chi connectivity index (χ3n) is 3.58. The molecule has 1 aliphatic heterocycles. The lowest BCUT2D eigenvalue weighted by Crippen LogP contribution is -2.26. The summed E-state index contributed by atoms with van der Waals surface area (Å²) in [6.07, 6.45) is 5.38. The number of hydrogen-bond donors (Lipinski definition) is 1. The first kappa shape index (κ1) is 11.5. The first-order chi connectivity index (χ1) is 8.33. The fraction of sp³-hybridized carbons (Fsp3) is 0.571. The van der Waals surface area contributed by atoms with E-state index in [9.17, 15) is 0 Å². The van der Waals surface area contributed by atoms with Gasteiger partial charge in [-0.15, -0.1) is 0 Å². The van der Waals surface area contributed by atoms with Gasteiger partial charge in [-0.25, -0.2) is 0 Å². The molecule has 0 amide bonds. The standard InChI is InChI=1S/C14H18BrNO/c15-13-9-11(10-5-7-16-8-6-10)1-4-14(13)17-12-2-3-12/h1,4,9-10,12,16H,2-3,5-8H2. The van der Waals surface area contributed by atoms with E-state index >= 15 is 0 Å². The molecule has 1 aromatic rings. The van der Waals surface area contributed by atoms with Crippen molar-refractivity contribution in [3.05, 3.63) is 28.2 Å². The van der Waals surface area contributed by atoms with Crippen LogP contribution in [0.25, 0.3) is 0 Å². The Bertz CT molecular complexity index is 397. The number of hydrogen-bond acceptors (Lipinski definition) is 2. The van der Waals surface area contributed by atoms with Gasteiger partial charge in [-0.2, -0.15) is 0 Å². The van der Waals surface area contributed by atoms with Crippen molar-refractivity contribution in [1.29, 1.82) is 0 Å². The van der Waals surface area contributed by atoms with Crippen LogP contribution in [0.2, 0.25) is 0 Å². The van der Waals surface area contributed by atoms with Gasteiger partial charge in [-0.05, 0) is 78.3 Å². The Morgan fingerprint density at radius 2 is 1.88 bits per heavy atom. The van der Waals surface area contributed by atoms with Crippen LogP contribution in [0.1, 0.15) is 37.2 Å². The summed E-state index contributed by atoms with van der Waals surface area (Å²) in [6.45, 7) is 2.28. The fourth-order valence-corrected chi connectivity index (χ4v) is 2.88. The van der Waals surface area contributed by atoms with Crippen LogP contribution in [0.4, 0.5) is 0 Å². The summed E-state index contributed by atoms with van der Waals surface area (Å²) in [7, 11) is 0. The summed E-state index contributed by atoms with van der Waals surface area (Å²) in [4.78, 5) is 0. The zero-order valence-corrected chi connectivity index (χ0v) is 11.5. The van der Waals surface area contributed by atoms with Crippen LogP contribution in [0.15, 0.2) is 22.7 Å². The van der Waals surface area contributed by atoms with Crippen molar-refractivity contribution in [2.45, 2.75) is 37.7 Å². The number of ether oxygens (including phenoxy) is 1. The topological polar surface area (TPSA) is 21.3 Å². The molecule has 0 spiro atoms. The second-order valence-electron chi connectivity index (χ2n) is 5.03. The molecule has 2 nitrogen and oxygen atoms in total. The number of halogens is 1. The van der Waals surface area contributed by atoms with E-state index in [0.717, 1.165) is 23.3 Å². The Labute approximate surface area is 111 Å². The average Bonchev–Trinajstić information content (AvgIpc) is 3.17. The zero-order chi connectivity index (χ0) is 11.7. The van der Waals surface area contributed by atoms with Gasteiger partial charge in [-0.3, -0.25) is 0 Å². The van der Waals surface area contributed by atoms with Gasteiger partial charge in [0, 0.05) is 0 Å². The van der Waals surface area contributed by atoms with Gasteiger partial charge >= 0.3 is 0 Å². The average molecular weight is 296 g/mol. The van der Waals surface area contributed by atoms with Gasteiger partial charge in [-0.1, -0.05) is 6.07 Å². The third-order valence-corrected chi connectivity index (χ3v) is 4.20. The molecule has 0 aromatic heterocycles. The normalized spacial score (nSPS) is 21.5. The summed E-state index contributed by atoms with van der Waals surface area (Å²) in [5, 5.41) is 3.41. The number of rotatable bonds is 3. The monoisotopic (exact) mass is 295 g/mol. The molecule has 0 unspecified atom stereocenters. The Balaban J connectivity index is 1.74. The zero-order valence-electron chi connectivity index (χ0n) is 9.92. The predicted octanol–water partition coefficient (Wildman–Crippen LogP) is 3.46. The van der Waals surface area contributed by atoms with Crippen LogP contribution >= 0.6 is 15.9 Å². The van der Waals surface area contributed by atoms with Gasteiger partial charge < -0.3 is 10.1 Å². The second kappa shape index (κ2) is 4.99. The highest BCUT2D eigenvalue weighted by atomic mass is 79.9. The maximum absolute atomic E-state index is 5.84. The first-order valence-corrected chi connectivity index (χ1v) is 7.29. The first-order valence-electron chi connectivity index (χ1n) is 6.50. The Morgan fingerprint density at radius 1 is 1.12 bits per heavy atom. The van der Waals surface area contributed by atoms with Crippen molar-refractivity contribution in [1.82, 2.24) is 5.32 Å². The lowest BCUT2D eigenvalue weighted by molar-refractivity contribution is 0.301. The molecule has 3 rings (SSSR count). The van der Waals surface area contributed by atoms with Crippen molar-refractivity contribution in [3.8, 4) is 5.75 Å². The molecular formula is C14H18BrNO. The lowest BCUT2D eigenvalue weighted by atomic mass is 9.90. The summed E-state index contributed by atoms with van der Waals surface area (Å²) in [5.74, 6) is 1.72. The van der Waals surface area contributed by atoms with E-state index < -0.39 is 0 Å². The van der Waals surface area contributed by atoms with Crippen LogP contribution < -0.4 is 10.1 Å². The van der Waals surface area contributed by atoms with Crippen molar-refractivity contribution >= 4 is 15.9 Å². The molecule has 1 N–H and O–H groups in total.